The molecule has 2 aromatic carbocycles. The first-order valence-corrected chi connectivity index (χ1v) is 11.0. The summed E-state index contributed by atoms with van der Waals surface area (Å²) < 4.78 is 0. The van der Waals surface area contributed by atoms with Crippen LogP contribution in [0.1, 0.15) is 64.9 Å². The van der Waals surface area contributed by atoms with Gasteiger partial charge >= 0.3 is 5.97 Å². The minimum absolute atomic E-state index is 0.153. The summed E-state index contributed by atoms with van der Waals surface area (Å²) in [4.78, 5) is 12.1. The summed E-state index contributed by atoms with van der Waals surface area (Å²) in [5.41, 5.74) is 1.82. The fourth-order valence-corrected chi connectivity index (χ4v) is 6.88. The van der Waals surface area contributed by atoms with E-state index in [0.29, 0.717) is 11.3 Å². The Morgan fingerprint density at radius 2 is 1.79 bits per heavy atom. The average Bonchev–Trinajstić information content (AvgIpc) is 2.65. The van der Waals surface area contributed by atoms with Gasteiger partial charge in [-0.25, -0.2) is 0 Å². The summed E-state index contributed by atoms with van der Waals surface area (Å²) in [5.74, 6) is 0.155. The van der Waals surface area contributed by atoms with Crippen LogP contribution >= 0.6 is 0 Å². The van der Waals surface area contributed by atoms with Crippen molar-refractivity contribution in [1.82, 2.24) is 0 Å². The summed E-state index contributed by atoms with van der Waals surface area (Å²) >= 11 is 0. The number of hydrogen-bond acceptors (Lipinski definition) is 1. The van der Waals surface area contributed by atoms with Gasteiger partial charge in [0, 0.05) is 0 Å². The molecule has 0 bridgehead atoms. The molecule has 0 aromatic heterocycles. The van der Waals surface area contributed by atoms with Crippen LogP contribution in [0.15, 0.2) is 42.5 Å². The largest absolute Gasteiger partial charge is 0.481 e. The Kier molecular flexibility index (Phi) is 5.02. The third kappa shape index (κ3) is 3.36. The number of rotatable bonds is 4. The third-order valence-corrected chi connectivity index (χ3v) is 8.25. The second kappa shape index (κ2) is 7.21. The Labute approximate surface area is 169 Å². The van der Waals surface area contributed by atoms with E-state index in [1.54, 1.807) is 0 Å². The first-order chi connectivity index (χ1) is 13.3. The van der Waals surface area contributed by atoms with Gasteiger partial charge in [-0.05, 0) is 77.5 Å². The van der Waals surface area contributed by atoms with Gasteiger partial charge in [0.25, 0.3) is 0 Å². The number of aryl methyl sites for hydroxylation is 1. The maximum atomic E-state index is 12.1. The van der Waals surface area contributed by atoms with E-state index in [1.807, 2.05) is 0 Å². The van der Waals surface area contributed by atoms with Gasteiger partial charge < -0.3 is 5.11 Å². The molecule has 0 radical (unpaired) electrons. The zero-order valence-electron chi connectivity index (χ0n) is 17.6. The monoisotopic (exact) mass is 378 g/mol. The van der Waals surface area contributed by atoms with Crippen molar-refractivity contribution in [3.63, 3.8) is 0 Å². The molecular formula is C26H34O2. The van der Waals surface area contributed by atoms with Crippen LogP contribution in [-0.4, -0.2) is 11.1 Å². The molecule has 2 fully saturated rings. The second-order valence-electron chi connectivity index (χ2n) is 10.2. The van der Waals surface area contributed by atoms with Crippen molar-refractivity contribution in [2.75, 3.05) is 0 Å². The number of aliphatic carboxylic acids is 1. The predicted octanol–water partition coefficient (Wildman–Crippen LogP) is 6.72. The zero-order valence-corrected chi connectivity index (χ0v) is 17.6. The molecule has 2 aliphatic rings. The van der Waals surface area contributed by atoms with Gasteiger partial charge in [0.15, 0.2) is 0 Å². The van der Waals surface area contributed by atoms with Gasteiger partial charge in [-0.1, -0.05) is 69.7 Å². The number of benzene rings is 2. The lowest BCUT2D eigenvalue weighted by Gasteiger charge is -2.59. The summed E-state index contributed by atoms with van der Waals surface area (Å²) in [6, 6.07) is 15.2. The Morgan fingerprint density at radius 1 is 1.04 bits per heavy atom. The highest BCUT2D eigenvalue weighted by molar-refractivity contribution is 5.83. The van der Waals surface area contributed by atoms with Gasteiger partial charge in [-0.2, -0.15) is 0 Å². The maximum Gasteiger partial charge on any atom is 0.306 e. The molecule has 150 valence electrons. The summed E-state index contributed by atoms with van der Waals surface area (Å²) in [6.45, 7) is 7.24. The predicted molar refractivity (Wildman–Crippen MR) is 115 cm³/mol. The lowest BCUT2D eigenvalue weighted by molar-refractivity contribution is -0.158. The van der Waals surface area contributed by atoms with Gasteiger partial charge in [-0.3, -0.25) is 4.79 Å². The average molecular weight is 379 g/mol. The van der Waals surface area contributed by atoms with Crippen molar-refractivity contribution in [2.45, 2.75) is 65.7 Å². The summed E-state index contributed by atoms with van der Waals surface area (Å²) in [5, 5.41) is 12.5. The van der Waals surface area contributed by atoms with E-state index in [0.717, 1.165) is 25.7 Å². The molecule has 0 heterocycles. The molecule has 4 atom stereocenters. The summed E-state index contributed by atoms with van der Waals surface area (Å²) in [6.07, 6.45) is 7.59. The molecule has 0 spiro atoms. The quantitative estimate of drug-likeness (QED) is 0.641. The highest BCUT2D eigenvalue weighted by Crippen LogP contribution is 2.62. The van der Waals surface area contributed by atoms with Crippen LogP contribution in [0.4, 0.5) is 0 Å². The van der Waals surface area contributed by atoms with E-state index < -0.39 is 5.97 Å². The van der Waals surface area contributed by atoms with Gasteiger partial charge in [0.05, 0.1) is 5.92 Å². The molecule has 2 aromatic rings. The Bertz CT molecular complexity index is 868. The molecule has 1 N–H and O–H groups in total. The van der Waals surface area contributed by atoms with Crippen LogP contribution < -0.4 is 0 Å². The Balaban J connectivity index is 1.60. The lowest BCUT2D eigenvalue weighted by Crippen LogP contribution is -2.53. The molecular weight excluding hydrogens is 344 g/mol. The normalized spacial score (nSPS) is 32.0. The molecule has 0 aliphatic heterocycles. The van der Waals surface area contributed by atoms with Crippen LogP contribution in [0.3, 0.4) is 0 Å². The second-order valence-corrected chi connectivity index (χ2v) is 10.2. The van der Waals surface area contributed by atoms with Crippen molar-refractivity contribution >= 4 is 16.7 Å². The molecule has 2 heteroatoms. The number of hydrogen-bond donors (Lipinski definition) is 1. The maximum absolute atomic E-state index is 12.1. The smallest absolute Gasteiger partial charge is 0.306 e. The first kappa shape index (κ1) is 19.5. The number of carboxylic acid groups (broad SMARTS) is 1. The topological polar surface area (TPSA) is 37.3 Å². The standard InChI is InChI=1S/C26H34O2/c1-25(2)15-6-16-26(3)22(21(24(27)28)12-14-23(25)26)13-10-18-9-11-19-7-4-5-8-20(19)17-18/h4-5,7-9,11,17,21-23H,6,10,12-16H2,1-3H3,(H,27,28)/t21-,22-,23-,26+/m0/s1. The van der Waals surface area contributed by atoms with Crippen molar-refractivity contribution in [3.05, 3.63) is 48.0 Å². The molecule has 4 rings (SSSR count). The molecule has 0 amide bonds. The third-order valence-electron chi connectivity index (χ3n) is 8.25. The van der Waals surface area contributed by atoms with Crippen LogP contribution in [0.25, 0.3) is 10.8 Å². The summed E-state index contributed by atoms with van der Waals surface area (Å²) in [7, 11) is 0. The van der Waals surface area contributed by atoms with Crippen molar-refractivity contribution in [2.24, 2.45) is 28.6 Å². The van der Waals surface area contributed by atoms with E-state index in [1.165, 1.54) is 35.6 Å². The van der Waals surface area contributed by atoms with Crippen molar-refractivity contribution in [1.29, 1.82) is 0 Å². The highest BCUT2D eigenvalue weighted by atomic mass is 16.4. The van der Waals surface area contributed by atoms with Crippen LogP contribution in [-0.2, 0) is 11.2 Å². The molecule has 28 heavy (non-hydrogen) atoms. The van der Waals surface area contributed by atoms with Crippen LogP contribution in [0.2, 0.25) is 0 Å². The van der Waals surface area contributed by atoms with E-state index in [2.05, 4.69) is 63.2 Å². The van der Waals surface area contributed by atoms with E-state index >= 15 is 0 Å². The zero-order chi connectivity index (χ0) is 19.9. The fraction of sp³-hybridized carbons (Fsp3) is 0.577. The molecule has 2 aliphatic carbocycles. The first-order valence-electron chi connectivity index (χ1n) is 11.0. The number of fused-ring (bicyclic) bond motifs is 2. The molecule has 2 nitrogen and oxygen atoms in total. The van der Waals surface area contributed by atoms with E-state index in [4.69, 9.17) is 0 Å². The number of carbonyl (C=O) groups is 1. The molecule has 2 saturated carbocycles. The Morgan fingerprint density at radius 3 is 2.54 bits per heavy atom. The van der Waals surface area contributed by atoms with E-state index in [9.17, 15) is 9.90 Å². The minimum atomic E-state index is -0.577. The van der Waals surface area contributed by atoms with Gasteiger partial charge in [0.1, 0.15) is 0 Å². The fourth-order valence-electron chi connectivity index (χ4n) is 6.88. The van der Waals surface area contributed by atoms with Crippen LogP contribution in [0, 0.1) is 28.6 Å². The van der Waals surface area contributed by atoms with Crippen molar-refractivity contribution in [3.8, 4) is 0 Å². The molecule has 0 saturated heterocycles. The molecule has 0 unspecified atom stereocenters. The van der Waals surface area contributed by atoms with Crippen molar-refractivity contribution < 1.29 is 9.90 Å². The number of carboxylic acids is 1. The Hall–Kier alpha value is -1.83. The van der Waals surface area contributed by atoms with Crippen LogP contribution in [0.5, 0.6) is 0 Å². The highest BCUT2D eigenvalue weighted by Gasteiger charge is 2.55. The SMILES string of the molecule is CC1(C)CCC[C@]2(C)[C@@H](CCc3ccc4ccccc4c3)[C@@H](C(=O)O)CC[C@@H]12. The van der Waals surface area contributed by atoms with E-state index in [-0.39, 0.29) is 17.3 Å². The van der Waals surface area contributed by atoms with Gasteiger partial charge in [0.2, 0.25) is 0 Å². The minimum Gasteiger partial charge on any atom is -0.481 e. The van der Waals surface area contributed by atoms with Gasteiger partial charge in [-0.15, -0.1) is 0 Å². The lowest BCUT2D eigenvalue weighted by atomic mass is 9.46.